The van der Waals surface area contributed by atoms with Crippen LogP contribution in [0.1, 0.15) is 16.9 Å². The second-order valence-electron chi connectivity index (χ2n) is 5.21. The van der Waals surface area contributed by atoms with Crippen LogP contribution in [0.3, 0.4) is 0 Å². The Morgan fingerprint density at radius 3 is 2.48 bits per heavy atom. The van der Waals surface area contributed by atoms with Gasteiger partial charge in [0.05, 0.1) is 12.8 Å². The van der Waals surface area contributed by atoms with Gasteiger partial charge in [-0.05, 0) is 48.0 Å². The van der Waals surface area contributed by atoms with Crippen LogP contribution in [0.4, 0.5) is 5.69 Å². The molecule has 0 bridgehead atoms. The van der Waals surface area contributed by atoms with Crippen LogP contribution in [0.25, 0.3) is 0 Å². The molecule has 0 amide bonds. The van der Waals surface area contributed by atoms with E-state index in [1.54, 1.807) is 6.26 Å². The molecule has 0 atom stereocenters. The van der Waals surface area contributed by atoms with Crippen LogP contribution < -0.4 is 10.6 Å². The molecule has 0 fully saturated rings. The molecule has 1 heterocycles. The summed E-state index contributed by atoms with van der Waals surface area (Å²) in [5, 5.41) is 7.01. The Labute approximate surface area is 141 Å². The van der Waals surface area contributed by atoms with Crippen molar-refractivity contribution in [2.45, 2.75) is 13.0 Å². The molecule has 0 aliphatic rings. The van der Waals surface area contributed by atoms with E-state index < -0.39 is 0 Å². The largest absolute Gasteiger partial charge is 0.467 e. The lowest BCUT2D eigenvalue weighted by Crippen LogP contribution is -2.28. The number of hydrogen-bond acceptors (Lipinski definition) is 2. The van der Waals surface area contributed by atoms with E-state index in [-0.39, 0.29) is 0 Å². The van der Waals surface area contributed by atoms with Gasteiger partial charge in [0.1, 0.15) is 5.76 Å². The highest BCUT2D eigenvalue weighted by molar-refractivity contribution is 7.80. The van der Waals surface area contributed by atoms with Crippen molar-refractivity contribution in [2.75, 3.05) is 5.32 Å². The van der Waals surface area contributed by atoms with Crippen molar-refractivity contribution in [2.24, 2.45) is 0 Å². The van der Waals surface area contributed by atoms with Crippen molar-refractivity contribution in [1.29, 1.82) is 0 Å². The van der Waals surface area contributed by atoms with E-state index in [2.05, 4.69) is 41.0 Å². The lowest BCUT2D eigenvalue weighted by Gasteiger charge is -2.13. The number of thiocarbonyl (C=S) groups is 1. The van der Waals surface area contributed by atoms with Gasteiger partial charge in [-0.25, -0.2) is 0 Å². The molecule has 23 heavy (non-hydrogen) atoms. The minimum Gasteiger partial charge on any atom is -0.467 e. The fourth-order valence-electron chi connectivity index (χ4n) is 2.36. The number of para-hydroxylation sites is 1. The fourth-order valence-corrected chi connectivity index (χ4v) is 2.54. The molecular formula is C19H18N2OS. The molecule has 0 unspecified atom stereocenters. The van der Waals surface area contributed by atoms with Gasteiger partial charge < -0.3 is 15.1 Å². The predicted octanol–water partition coefficient (Wildman–Crippen LogP) is 4.36. The van der Waals surface area contributed by atoms with Crippen molar-refractivity contribution in [3.8, 4) is 0 Å². The van der Waals surface area contributed by atoms with Gasteiger partial charge >= 0.3 is 0 Å². The number of hydrogen-bond donors (Lipinski definition) is 2. The zero-order chi connectivity index (χ0) is 15.9. The third-order valence-corrected chi connectivity index (χ3v) is 3.75. The smallest absolute Gasteiger partial charge is 0.171 e. The zero-order valence-electron chi connectivity index (χ0n) is 12.7. The van der Waals surface area contributed by atoms with Crippen molar-refractivity contribution < 1.29 is 4.42 Å². The molecule has 3 aromatic rings. The van der Waals surface area contributed by atoms with Gasteiger partial charge in [-0.3, -0.25) is 0 Å². The van der Waals surface area contributed by atoms with Gasteiger partial charge in [-0.2, -0.15) is 0 Å². The number of nitrogens with one attached hydrogen (secondary N) is 2. The van der Waals surface area contributed by atoms with Gasteiger partial charge in [0.2, 0.25) is 0 Å². The molecule has 0 spiro atoms. The van der Waals surface area contributed by atoms with Crippen LogP contribution in [-0.2, 0) is 13.0 Å². The summed E-state index contributed by atoms with van der Waals surface area (Å²) in [6.45, 7) is 0.569. The van der Waals surface area contributed by atoms with Crippen molar-refractivity contribution in [3.63, 3.8) is 0 Å². The number of furan rings is 1. The van der Waals surface area contributed by atoms with Gasteiger partial charge in [0, 0.05) is 5.69 Å². The molecule has 3 rings (SSSR count). The minimum atomic E-state index is 0.569. The van der Waals surface area contributed by atoms with Gasteiger partial charge in [-0.15, -0.1) is 0 Å². The highest BCUT2D eigenvalue weighted by Crippen LogP contribution is 2.19. The molecular weight excluding hydrogens is 304 g/mol. The molecule has 0 saturated carbocycles. The molecule has 0 aliphatic heterocycles. The topological polar surface area (TPSA) is 37.2 Å². The number of anilines is 1. The highest BCUT2D eigenvalue weighted by atomic mass is 32.1. The summed E-state index contributed by atoms with van der Waals surface area (Å²) in [7, 11) is 0. The molecule has 2 aromatic carbocycles. The van der Waals surface area contributed by atoms with Crippen LogP contribution in [0.15, 0.2) is 77.4 Å². The maximum absolute atomic E-state index is 5.37. The van der Waals surface area contributed by atoms with Crippen molar-refractivity contribution in [1.82, 2.24) is 5.32 Å². The van der Waals surface area contributed by atoms with Crippen LogP contribution in [0.5, 0.6) is 0 Å². The first-order valence-electron chi connectivity index (χ1n) is 7.50. The molecule has 0 radical (unpaired) electrons. The maximum atomic E-state index is 5.37. The average Bonchev–Trinajstić information content (AvgIpc) is 3.09. The first-order valence-corrected chi connectivity index (χ1v) is 7.91. The van der Waals surface area contributed by atoms with E-state index in [1.807, 2.05) is 36.4 Å². The Bertz CT molecular complexity index is 754. The summed E-state index contributed by atoms with van der Waals surface area (Å²) in [6, 6.07) is 22.4. The van der Waals surface area contributed by atoms with Crippen LogP contribution in [0.2, 0.25) is 0 Å². The summed E-state index contributed by atoms with van der Waals surface area (Å²) >= 11 is 5.37. The summed E-state index contributed by atoms with van der Waals surface area (Å²) < 4.78 is 5.29. The Kier molecular flexibility index (Phi) is 5.06. The number of benzene rings is 2. The SMILES string of the molecule is S=C(NCc1ccco1)Nc1ccccc1Cc1ccccc1. The van der Waals surface area contributed by atoms with Gasteiger partial charge in [0.15, 0.2) is 5.11 Å². The Balaban J connectivity index is 1.64. The molecule has 1 aromatic heterocycles. The fraction of sp³-hybridized carbons (Fsp3) is 0.105. The second-order valence-corrected chi connectivity index (χ2v) is 5.61. The summed E-state index contributed by atoms with van der Waals surface area (Å²) in [6.07, 6.45) is 2.52. The maximum Gasteiger partial charge on any atom is 0.171 e. The Hall–Kier alpha value is -2.59. The van der Waals surface area contributed by atoms with Crippen molar-refractivity contribution in [3.05, 3.63) is 89.9 Å². The molecule has 3 nitrogen and oxygen atoms in total. The normalized spacial score (nSPS) is 10.3. The Morgan fingerprint density at radius 1 is 0.913 bits per heavy atom. The molecule has 0 saturated heterocycles. The van der Waals surface area contributed by atoms with E-state index in [0.29, 0.717) is 11.7 Å². The predicted molar refractivity (Wildman–Crippen MR) is 97.5 cm³/mol. The second kappa shape index (κ2) is 7.61. The number of rotatable bonds is 5. The monoisotopic (exact) mass is 322 g/mol. The summed E-state index contributed by atoms with van der Waals surface area (Å²) in [5.74, 6) is 0.853. The van der Waals surface area contributed by atoms with Crippen LogP contribution in [0, 0.1) is 0 Å². The lowest BCUT2D eigenvalue weighted by atomic mass is 10.0. The van der Waals surface area contributed by atoms with Gasteiger partial charge in [-0.1, -0.05) is 48.5 Å². The highest BCUT2D eigenvalue weighted by Gasteiger charge is 2.05. The quantitative estimate of drug-likeness (QED) is 0.685. The molecule has 116 valence electrons. The van der Waals surface area contributed by atoms with E-state index in [1.165, 1.54) is 11.1 Å². The van der Waals surface area contributed by atoms with E-state index >= 15 is 0 Å². The first kappa shape index (κ1) is 15.3. The van der Waals surface area contributed by atoms with E-state index in [9.17, 15) is 0 Å². The Morgan fingerprint density at radius 2 is 1.70 bits per heavy atom. The third kappa shape index (κ3) is 4.44. The average molecular weight is 322 g/mol. The van der Waals surface area contributed by atoms with Crippen LogP contribution in [-0.4, -0.2) is 5.11 Å². The summed E-state index contributed by atoms with van der Waals surface area (Å²) in [5.41, 5.74) is 3.50. The molecule has 0 aliphatic carbocycles. The van der Waals surface area contributed by atoms with E-state index in [4.69, 9.17) is 16.6 Å². The van der Waals surface area contributed by atoms with E-state index in [0.717, 1.165) is 17.9 Å². The van der Waals surface area contributed by atoms with Gasteiger partial charge in [0.25, 0.3) is 0 Å². The summed E-state index contributed by atoms with van der Waals surface area (Å²) in [4.78, 5) is 0. The molecule has 2 N–H and O–H groups in total. The third-order valence-electron chi connectivity index (χ3n) is 3.51. The van der Waals surface area contributed by atoms with Crippen molar-refractivity contribution >= 4 is 23.0 Å². The standard InChI is InChI=1S/C19H18N2OS/c23-19(20-14-17-10-6-12-22-17)21-18-11-5-4-9-16(18)13-15-7-2-1-3-8-15/h1-12H,13-14H2,(H2,20,21,23). The minimum absolute atomic E-state index is 0.569. The first-order chi connectivity index (χ1) is 11.3. The lowest BCUT2D eigenvalue weighted by molar-refractivity contribution is 0.503. The zero-order valence-corrected chi connectivity index (χ0v) is 13.5. The molecule has 4 heteroatoms. The van der Waals surface area contributed by atoms with Crippen LogP contribution >= 0.6 is 12.2 Å².